The number of carboxylic acids is 1. The second-order valence-corrected chi connectivity index (χ2v) is 4.12. The van der Waals surface area contributed by atoms with Crippen molar-refractivity contribution in [1.82, 2.24) is 4.98 Å². The van der Waals surface area contributed by atoms with E-state index < -0.39 is 18.8 Å². The molecule has 1 aromatic rings. The number of carboxylic acid groups (broad SMARTS) is 1. The van der Waals surface area contributed by atoms with Crippen LogP contribution in [0.1, 0.15) is 23.2 Å². The predicted molar refractivity (Wildman–Crippen MR) is 58.0 cm³/mol. The SMILES string of the molecule is Cc1c(I)cnc(CC(=O)O)c1C(F)F. The number of nitrogens with zero attached hydrogens (tertiary/aromatic N) is 1. The minimum absolute atomic E-state index is 0.0598. The second kappa shape index (κ2) is 4.82. The lowest BCUT2D eigenvalue weighted by Crippen LogP contribution is -2.09. The highest BCUT2D eigenvalue weighted by molar-refractivity contribution is 14.1. The summed E-state index contributed by atoms with van der Waals surface area (Å²) in [5.74, 6) is -1.16. The van der Waals surface area contributed by atoms with Crippen LogP contribution in [0.25, 0.3) is 0 Å². The van der Waals surface area contributed by atoms with Crippen molar-refractivity contribution < 1.29 is 18.7 Å². The first-order valence-electron chi connectivity index (χ1n) is 4.07. The number of halogens is 3. The van der Waals surface area contributed by atoms with Crippen molar-refractivity contribution in [3.05, 3.63) is 26.6 Å². The van der Waals surface area contributed by atoms with Crippen LogP contribution >= 0.6 is 22.6 Å². The zero-order valence-corrected chi connectivity index (χ0v) is 9.96. The van der Waals surface area contributed by atoms with E-state index in [1.807, 2.05) is 22.6 Å². The number of pyridine rings is 1. The van der Waals surface area contributed by atoms with Gasteiger partial charge in [0, 0.05) is 15.3 Å². The Hall–Kier alpha value is -0.790. The monoisotopic (exact) mass is 327 g/mol. The standard InChI is InChI=1S/C9H8F2INO2/c1-4-5(12)3-13-6(2-7(14)15)8(4)9(10)11/h3,9H,2H2,1H3,(H,14,15). The number of alkyl halides is 2. The molecule has 3 nitrogen and oxygen atoms in total. The summed E-state index contributed by atoms with van der Waals surface area (Å²) < 4.78 is 26.0. The van der Waals surface area contributed by atoms with Crippen molar-refractivity contribution in [2.75, 3.05) is 0 Å². The molecule has 15 heavy (non-hydrogen) atoms. The maximum absolute atomic E-state index is 12.7. The van der Waals surface area contributed by atoms with Crippen LogP contribution in [0.3, 0.4) is 0 Å². The van der Waals surface area contributed by atoms with Crippen molar-refractivity contribution >= 4 is 28.6 Å². The summed E-state index contributed by atoms with van der Waals surface area (Å²) >= 11 is 1.89. The number of aliphatic carboxylic acids is 1. The van der Waals surface area contributed by atoms with Crippen LogP contribution in [0.2, 0.25) is 0 Å². The molecule has 0 saturated heterocycles. The Morgan fingerprint density at radius 1 is 1.67 bits per heavy atom. The van der Waals surface area contributed by atoms with E-state index in [1.54, 1.807) is 0 Å². The Morgan fingerprint density at radius 3 is 2.73 bits per heavy atom. The molecule has 0 atom stereocenters. The highest BCUT2D eigenvalue weighted by Crippen LogP contribution is 2.28. The first-order valence-corrected chi connectivity index (χ1v) is 5.15. The highest BCUT2D eigenvalue weighted by Gasteiger charge is 2.20. The first kappa shape index (κ1) is 12.3. The molecule has 0 aliphatic rings. The molecule has 1 rings (SSSR count). The maximum atomic E-state index is 12.7. The van der Waals surface area contributed by atoms with Gasteiger partial charge in [0.2, 0.25) is 0 Å². The lowest BCUT2D eigenvalue weighted by molar-refractivity contribution is -0.136. The fourth-order valence-corrected chi connectivity index (χ4v) is 1.65. The summed E-state index contributed by atoms with van der Waals surface area (Å²) in [4.78, 5) is 14.2. The summed E-state index contributed by atoms with van der Waals surface area (Å²) in [7, 11) is 0. The molecule has 0 aliphatic heterocycles. The van der Waals surface area contributed by atoms with Crippen LogP contribution in [0.5, 0.6) is 0 Å². The third kappa shape index (κ3) is 2.83. The highest BCUT2D eigenvalue weighted by atomic mass is 127. The first-order chi connectivity index (χ1) is 6.93. The van der Waals surface area contributed by atoms with Crippen molar-refractivity contribution in [2.24, 2.45) is 0 Å². The topological polar surface area (TPSA) is 50.2 Å². The maximum Gasteiger partial charge on any atom is 0.309 e. The van der Waals surface area contributed by atoms with Gasteiger partial charge in [-0.05, 0) is 35.1 Å². The Kier molecular flexibility index (Phi) is 3.95. The van der Waals surface area contributed by atoms with E-state index in [1.165, 1.54) is 13.1 Å². The quantitative estimate of drug-likeness (QED) is 0.868. The lowest BCUT2D eigenvalue weighted by Gasteiger charge is -2.10. The Balaban J connectivity index is 3.26. The molecule has 0 saturated carbocycles. The van der Waals surface area contributed by atoms with E-state index in [9.17, 15) is 13.6 Å². The van der Waals surface area contributed by atoms with Gasteiger partial charge in [0.05, 0.1) is 12.1 Å². The van der Waals surface area contributed by atoms with E-state index in [0.29, 0.717) is 9.13 Å². The fourth-order valence-electron chi connectivity index (χ4n) is 1.22. The van der Waals surface area contributed by atoms with Gasteiger partial charge in [0.15, 0.2) is 0 Å². The van der Waals surface area contributed by atoms with Gasteiger partial charge in [-0.1, -0.05) is 0 Å². The lowest BCUT2D eigenvalue weighted by atomic mass is 10.1. The largest absolute Gasteiger partial charge is 0.481 e. The number of hydrogen-bond acceptors (Lipinski definition) is 2. The molecule has 0 fully saturated rings. The molecule has 0 unspecified atom stereocenters. The Morgan fingerprint density at radius 2 is 2.27 bits per heavy atom. The van der Waals surface area contributed by atoms with Gasteiger partial charge in [-0.15, -0.1) is 0 Å². The summed E-state index contributed by atoms with van der Waals surface area (Å²) in [5, 5.41) is 8.55. The molecular formula is C9H8F2INO2. The summed E-state index contributed by atoms with van der Waals surface area (Å²) in [6.45, 7) is 1.54. The molecular weight excluding hydrogens is 319 g/mol. The third-order valence-electron chi connectivity index (χ3n) is 1.94. The second-order valence-electron chi connectivity index (χ2n) is 2.96. The number of aromatic nitrogens is 1. The minimum atomic E-state index is -2.69. The number of carbonyl (C=O) groups is 1. The van der Waals surface area contributed by atoms with E-state index in [4.69, 9.17) is 5.11 Å². The van der Waals surface area contributed by atoms with Gasteiger partial charge >= 0.3 is 5.97 Å². The smallest absolute Gasteiger partial charge is 0.309 e. The normalized spacial score (nSPS) is 10.7. The third-order valence-corrected chi connectivity index (χ3v) is 3.03. The zero-order chi connectivity index (χ0) is 11.6. The van der Waals surface area contributed by atoms with Gasteiger partial charge in [-0.25, -0.2) is 8.78 Å². The van der Waals surface area contributed by atoms with Crippen molar-refractivity contribution in [3.8, 4) is 0 Å². The van der Waals surface area contributed by atoms with Crippen LogP contribution in [-0.4, -0.2) is 16.1 Å². The van der Waals surface area contributed by atoms with Gasteiger partial charge in [-0.3, -0.25) is 9.78 Å². The molecule has 1 N–H and O–H groups in total. The molecule has 0 bridgehead atoms. The van der Waals surface area contributed by atoms with E-state index in [0.717, 1.165) is 0 Å². The summed E-state index contributed by atoms with van der Waals surface area (Å²) in [6, 6.07) is 0. The molecule has 6 heteroatoms. The van der Waals surface area contributed by atoms with Gasteiger partial charge < -0.3 is 5.11 Å². The summed E-state index contributed by atoms with van der Waals surface area (Å²) in [5.41, 5.74) is 0.0802. The average Bonchev–Trinajstić information content (AvgIpc) is 2.10. The molecule has 0 radical (unpaired) electrons. The molecule has 1 heterocycles. The van der Waals surface area contributed by atoms with E-state index >= 15 is 0 Å². The number of rotatable bonds is 3. The zero-order valence-electron chi connectivity index (χ0n) is 7.80. The average molecular weight is 327 g/mol. The van der Waals surface area contributed by atoms with Crippen LogP contribution < -0.4 is 0 Å². The number of hydrogen-bond donors (Lipinski definition) is 1. The molecule has 0 aromatic carbocycles. The van der Waals surface area contributed by atoms with Crippen molar-refractivity contribution in [2.45, 2.75) is 19.8 Å². The van der Waals surface area contributed by atoms with Crippen LogP contribution in [0.4, 0.5) is 8.78 Å². The van der Waals surface area contributed by atoms with Crippen LogP contribution in [0, 0.1) is 10.5 Å². The Labute approximate surface area is 98.7 Å². The van der Waals surface area contributed by atoms with Crippen LogP contribution in [-0.2, 0) is 11.2 Å². The van der Waals surface area contributed by atoms with Gasteiger partial charge in [0.25, 0.3) is 6.43 Å². The minimum Gasteiger partial charge on any atom is -0.481 e. The van der Waals surface area contributed by atoms with Crippen molar-refractivity contribution in [1.29, 1.82) is 0 Å². The van der Waals surface area contributed by atoms with E-state index in [2.05, 4.69) is 4.98 Å². The van der Waals surface area contributed by atoms with Crippen molar-refractivity contribution in [3.63, 3.8) is 0 Å². The summed E-state index contributed by atoms with van der Waals surface area (Å²) in [6.07, 6.45) is -1.76. The predicted octanol–water partition coefficient (Wildman–Crippen LogP) is 2.56. The molecule has 0 amide bonds. The molecule has 1 aromatic heterocycles. The van der Waals surface area contributed by atoms with Gasteiger partial charge in [-0.2, -0.15) is 0 Å². The van der Waals surface area contributed by atoms with Gasteiger partial charge in [0.1, 0.15) is 0 Å². The molecule has 82 valence electrons. The molecule has 0 aliphatic carbocycles. The molecule has 0 spiro atoms. The van der Waals surface area contributed by atoms with Crippen LogP contribution in [0.15, 0.2) is 6.20 Å². The fraction of sp³-hybridized carbons (Fsp3) is 0.333. The van der Waals surface area contributed by atoms with E-state index in [-0.39, 0.29) is 11.3 Å². The Bertz CT molecular complexity index is 396.